The van der Waals surface area contributed by atoms with Crippen molar-refractivity contribution < 1.29 is 4.74 Å². The van der Waals surface area contributed by atoms with Crippen molar-refractivity contribution in [2.24, 2.45) is 5.92 Å². The highest BCUT2D eigenvalue weighted by Crippen LogP contribution is 2.12. The third-order valence-electron chi connectivity index (χ3n) is 3.59. The van der Waals surface area contributed by atoms with Crippen molar-refractivity contribution in [2.45, 2.75) is 39.2 Å². The van der Waals surface area contributed by atoms with Crippen molar-refractivity contribution >= 4 is 0 Å². The number of pyridine rings is 1. The van der Waals surface area contributed by atoms with Crippen molar-refractivity contribution in [1.82, 2.24) is 9.88 Å². The molecule has 19 heavy (non-hydrogen) atoms. The Morgan fingerprint density at radius 2 is 2.42 bits per heavy atom. The molecule has 1 saturated heterocycles. The molecule has 1 N–H and O–H groups in total. The molecule has 1 aromatic rings. The van der Waals surface area contributed by atoms with Gasteiger partial charge in [0.15, 0.2) is 5.75 Å². The summed E-state index contributed by atoms with van der Waals surface area (Å²) in [5, 5.41) is 3.38. The third kappa shape index (κ3) is 4.10. The maximum atomic E-state index is 12.3. The Labute approximate surface area is 114 Å². The first kappa shape index (κ1) is 14.1. The number of piperidine rings is 1. The Morgan fingerprint density at radius 3 is 3.16 bits per heavy atom. The summed E-state index contributed by atoms with van der Waals surface area (Å²) in [6, 6.07) is 3.67. The van der Waals surface area contributed by atoms with Crippen LogP contribution >= 0.6 is 0 Å². The normalized spacial score (nSPS) is 19.3. The molecule has 4 heteroatoms. The summed E-state index contributed by atoms with van der Waals surface area (Å²) in [5.41, 5.74) is 0.00387. The second-order valence-corrected chi connectivity index (χ2v) is 5.24. The molecular formula is C15H24N2O2. The first-order chi connectivity index (χ1) is 9.31. The standard InChI is InChI=1S/C15H24N2O2/c1-2-3-10-19-14-7-5-9-17(15(14)18)12-13-6-4-8-16-11-13/h5,7,9,13,16H,2-4,6,8,10-12H2,1H3. The molecule has 2 heterocycles. The Hall–Kier alpha value is -1.29. The fourth-order valence-electron chi connectivity index (χ4n) is 2.45. The molecule has 1 aromatic heterocycles. The van der Waals surface area contributed by atoms with Gasteiger partial charge >= 0.3 is 0 Å². The van der Waals surface area contributed by atoms with E-state index in [0.29, 0.717) is 18.3 Å². The number of ether oxygens (including phenoxy) is 1. The van der Waals surface area contributed by atoms with Crippen LogP contribution in [0.3, 0.4) is 0 Å². The predicted molar refractivity (Wildman–Crippen MR) is 76.7 cm³/mol. The SMILES string of the molecule is CCCCOc1cccn(CC2CCCNC2)c1=O. The number of unbranched alkanes of at least 4 members (excludes halogenated alkanes) is 1. The van der Waals surface area contributed by atoms with E-state index in [0.717, 1.165) is 32.5 Å². The second kappa shape index (κ2) is 7.34. The Bertz CT molecular complexity index is 436. The van der Waals surface area contributed by atoms with Crippen molar-refractivity contribution in [3.05, 3.63) is 28.7 Å². The van der Waals surface area contributed by atoms with Crippen LogP contribution in [0.1, 0.15) is 32.6 Å². The van der Waals surface area contributed by atoms with E-state index < -0.39 is 0 Å². The smallest absolute Gasteiger partial charge is 0.292 e. The topological polar surface area (TPSA) is 43.3 Å². The van der Waals surface area contributed by atoms with Gasteiger partial charge < -0.3 is 14.6 Å². The predicted octanol–water partition coefficient (Wildman–Crippen LogP) is 2.03. The molecule has 0 saturated carbocycles. The van der Waals surface area contributed by atoms with Crippen LogP contribution in [0.4, 0.5) is 0 Å². The molecular weight excluding hydrogens is 240 g/mol. The van der Waals surface area contributed by atoms with E-state index in [9.17, 15) is 4.79 Å². The van der Waals surface area contributed by atoms with Crippen molar-refractivity contribution in [3.8, 4) is 5.75 Å². The molecule has 1 fully saturated rings. The lowest BCUT2D eigenvalue weighted by Crippen LogP contribution is -2.34. The van der Waals surface area contributed by atoms with Gasteiger partial charge in [0.05, 0.1) is 6.61 Å². The van der Waals surface area contributed by atoms with Gasteiger partial charge in [0.25, 0.3) is 5.56 Å². The molecule has 1 atom stereocenters. The maximum Gasteiger partial charge on any atom is 0.292 e. The van der Waals surface area contributed by atoms with Gasteiger partial charge in [-0.25, -0.2) is 0 Å². The van der Waals surface area contributed by atoms with E-state index in [4.69, 9.17) is 4.74 Å². The lowest BCUT2D eigenvalue weighted by molar-refractivity contribution is 0.295. The zero-order chi connectivity index (χ0) is 13.5. The summed E-state index contributed by atoms with van der Waals surface area (Å²) in [4.78, 5) is 12.3. The van der Waals surface area contributed by atoms with E-state index in [1.807, 2.05) is 12.3 Å². The van der Waals surface area contributed by atoms with Crippen molar-refractivity contribution in [1.29, 1.82) is 0 Å². The highest BCUT2D eigenvalue weighted by molar-refractivity contribution is 5.17. The zero-order valence-corrected chi connectivity index (χ0v) is 11.7. The van der Waals surface area contributed by atoms with E-state index in [1.165, 1.54) is 12.8 Å². The van der Waals surface area contributed by atoms with E-state index in [-0.39, 0.29) is 5.56 Å². The Morgan fingerprint density at radius 1 is 1.53 bits per heavy atom. The van der Waals surface area contributed by atoms with Crippen molar-refractivity contribution in [2.75, 3.05) is 19.7 Å². The quantitative estimate of drug-likeness (QED) is 0.799. The maximum absolute atomic E-state index is 12.3. The zero-order valence-electron chi connectivity index (χ0n) is 11.7. The summed E-state index contributed by atoms with van der Waals surface area (Å²) in [5.74, 6) is 1.04. The summed E-state index contributed by atoms with van der Waals surface area (Å²) in [6.07, 6.45) is 6.33. The fourth-order valence-corrected chi connectivity index (χ4v) is 2.45. The average Bonchev–Trinajstić information content (AvgIpc) is 2.44. The van der Waals surface area contributed by atoms with Gasteiger partial charge in [0.2, 0.25) is 0 Å². The van der Waals surface area contributed by atoms with Gasteiger partial charge in [-0.15, -0.1) is 0 Å². The summed E-state index contributed by atoms with van der Waals surface area (Å²) < 4.78 is 7.35. The first-order valence-electron chi connectivity index (χ1n) is 7.34. The number of rotatable bonds is 6. The van der Waals surface area contributed by atoms with Gasteiger partial charge in [-0.1, -0.05) is 13.3 Å². The molecule has 106 valence electrons. The van der Waals surface area contributed by atoms with Crippen LogP contribution in [-0.2, 0) is 6.54 Å². The monoisotopic (exact) mass is 264 g/mol. The number of nitrogens with one attached hydrogen (secondary N) is 1. The van der Waals surface area contributed by atoms with Crippen LogP contribution < -0.4 is 15.6 Å². The number of hydrogen-bond donors (Lipinski definition) is 1. The number of hydrogen-bond acceptors (Lipinski definition) is 3. The molecule has 0 spiro atoms. The molecule has 1 unspecified atom stereocenters. The minimum absolute atomic E-state index is 0.00387. The van der Waals surface area contributed by atoms with Gasteiger partial charge in [-0.05, 0) is 50.4 Å². The second-order valence-electron chi connectivity index (χ2n) is 5.24. The van der Waals surface area contributed by atoms with Crippen LogP contribution in [0.25, 0.3) is 0 Å². The summed E-state index contributed by atoms with van der Waals surface area (Å²) in [7, 11) is 0. The lowest BCUT2D eigenvalue weighted by Gasteiger charge is -2.23. The molecule has 0 radical (unpaired) electrons. The minimum Gasteiger partial charge on any atom is -0.488 e. The Balaban J connectivity index is 1.99. The molecule has 4 nitrogen and oxygen atoms in total. The molecule has 0 aliphatic carbocycles. The fraction of sp³-hybridized carbons (Fsp3) is 0.667. The summed E-state index contributed by atoms with van der Waals surface area (Å²) >= 11 is 0. The lowest BCUT2D eigenvalue weighted by atomic mass is 10.00. The molecule has 0 bridgehead atoms. The van der Waals surface area contributed by atoms with Gasteiger partial charge in [0, 0.05) is 12.7 Å². The third-order valence-corrected chi connectivity index (χ3v) is 3.59. The average molecular weight is 264 g/mol. The van der Waals surface area contributed by atoms with Crippen LogP contribution in [0.15, 0.2) is 23.1 Å². The molecule has 0 aromatic carbocycles. The number of aromatic nitrogens is 1. The van der Waals surface area contributed by atoms with E-state index >= 15 is 0 Å². The minimum atomic E-state index is 0.00387. The van der Waals surface area contributed by atoms with Gasteiger partial charge in [0.1, 0.15) is 0 Å². The largest absolute Gasteiger partial charge is 0.488 e. The first-order valence-corrected chi connectivity index (χ1v) is 7.34. The molecule has 2 rings (SSSR count). The molecule has 1 aliphatic rings. The van der Waals surface area contributed by atoms with Crippen LogP contribution in [0.5, 0.6) is 5.75 Å². The van der Waals surface area contributed by atoms with Crippen LogP contribution in [0.2, 0.25) is 0 Å². The van der Waals surface area contributed by atoms with Crippen molar-refractivity contribution in [3.63, 3.8) is 0 Å². The van der Waals surface area contributed by atoms with E-state index in [2.05, 4.69) is 12.2 Å². The van der Waals surface area contributed by atoms with Crippen LogP contribution in [0, 0.1) is 5.92 Å². The van der Waals surface area contributed by atoms with Gasteiger partial charge in [-0.2, -0.15) is 0 Å². The van der Waals surface area contributed by atoms with Crippen LogP contribution in [-0.4, -0.2) is 24.3 Å². The Kier molecular flexibility index (Phi) is 5.45. The van der Waals surface area contributed by atoms with E-state index in [1.54, 1.807) is 10.6 Å². The van der Waals surface area contributed by atoms with Gasteiger partial charge in [-0.3, -0.25) is 4.79 Å². The highest BCUT2D eigenvalue weighted by atomic mass is 16.5. The number of nitrogens with zero attached hydrogens (tertiary/aromatic N) is 1. The highest BCUT2D eigenvalue weighted by Gasteiger charge is 2.14. The summed E-state index contributed by atoms with van der Waals surface area (Å²) in [6.45, 7) is 5.64. The molecule has 0 amide bonds. The molecule has 1 aliphatic heterocycles.